The van der Waals surface area contributed by atoms with Gasteiger partial charge in [-0.3, -0.25) is 4.79 Å². The van der Waals surface area contributed by atoms with E-state index in [1.165, 1.54) is 0 Å². The van der Waals surface area contributed by atoms with Crippen LogP contribution in [0.25, 0.3) is 0 Å². The lowest BCUT2D eigenvalue weighted by atomic mass is 10.1. The number of hydrogen-bond acceptors (Lipinski definition) is 3. The molecule has 0 spiro atoms. The molecule has 1 amide bonds. The number of rotatable bonds is 1. The van der Waals surface area contributed by atoms with Crippen molar-refractivity contribution in [1.29, 1.82) is 0 Å². The van der Waals surface area contributed by atoms with Crippen LogP contribution in [0.5, 0.6) is 0 Å². The molecule has 2 rings (SSSR count). The van der Waals surface area contributed by atoms with Gasteiger partial charge in [0.15, 0.2) is 0 Å². The molecule has 0 saturated carbocycles. The SMILES string of the molecule is CC1CN(C(=O)c2ccc(Cl)cc2N)CCS1. The molecule has 1 saturated heterocycles. The van der Waals surface area contributed by atoms with Gasteiger partial charge in [-0.15, -0.1) is 0 Å². The Hall–Kier alpha value is -0.870. The van der Waals surface area contributed by atoms with Gasteiger partial charge in [-0.2, -0.15) is 11.8 Å². The number of nitrogens with two attached hydrogens (primary N) is 1. The minimum absolute atomic E-state index is 0.00585. The van der Waals surface area contributed by atoms with E-state index >= 15 is 0 Å². The van der Waals surface area contributed by atoms with E-state index in [2.05, 4.69) is 6.92 Å². The number of nitrogens with zero attached hydrogens (tertiary/aromatic N) is 1. The van der Waals surface area contributed by atoms with Gasteiger partial charge in [0.2, 0.25) is 0 Å². The Morgan fingerprint density at radius 3 is 3.00 bits per heavy atom. The molecule has 1 heterocycles. The van der Waals surface area contributed by atoms with Crippen molar-refractivity contribution in [3.05, 3.63) is 28.8 Å². The summed E-state index contributed by atoms with van der Waals surface area (Å²) in [5.41, 5.74) is 6.83. The average Bonchev–Trinajstić information content (AvgIpc) is 2.28. The summed E-state index contributed by atoms with van der Waals surface area (Å²) in [6.45, 7) is 3.71. The molecule has 0 bridgehead atoms. The van der Waals surface area contributed by atoms with Crippen LogP contribution in [0.3, 0.4) is 0 Å². The average molecular weight is 271 g/mol. The van der Waals surface area contributed by atoms with Gasteiger partial charge in [0.1, 0.15) is 0 Å². The molecular weight excluding hydrogens is 256 g/mol. The van der Waals surface area contributed by atoms with E-state index < -0.39 is 0 Å². The monoisotopic (exact) mass is 270 g/mol. The van der Waals surface area contributed by atoms with Gasteiger partial charge >= 0.3 is 0 Å². The van der Waals surface area contributed by atoms with Crippen molar-refractivity contribution in [2.45, 2.75) is 12.2 Å². The van der Waals surface area contributed by atoms with Crippen LogP contribution in [-0.4, -0.2) is 34.9 Å². The molecule has 1 unspecified atom stereocenters. The quantitative estimate of drug-likeness (QED) is 0.798. The van der Waals surface area contributed by atoms with Crippen LogP contribution < -0.4 is 5.73 Å². The molecule has 17 heavy (non-hydrogen) atoms. The van der Waals surface area contributed by atoms with Gasteiger partial charge < -0.3 is 10.6 Å². The maximum absolute atomic E-state index is 12.3. The lowest BCUT2D eigenvalue weighted by Crippen LogP contribution is -2.41. The van der Waals surface area contributed by atoms with Crippen LogP contribution in [0.4, 0.5) is 5.69 Å². The Balaban J connectivity index is 2.18. The Morgan fingerprint density at radius 1 is 1.59 bits per heavy atom. The van der Waals surface area contributed by atoms with Crippen LogP contribution in [0.2, 0.25) is 5.02 Å². The number of carbonyl (C=O) groups excluding carboxylic acids is 1. The second kappa shape index (κ2) is 5.19. The summed E-state index contributed by atoms with van der Waals surface area (Å²) in [5.74, 6) is 0.992. The highest BCUT2D eigenvalue weighted by Crippen LogP contribution is 2.23. The van der Waals surface area contributed by atoms with Gasteiger partial charge in [-0.1, -0.05) is 18.5 Å². The predicted octanol–water partition coefficient (Wildman–Crippen LogP) is 2.50. The fraction of sp³-hybridized carbons (Fsp3) is 0.417. The molecule has 0 aromatic heterocycles. The molecule has 5 heteroatoms. The normalized spacial score (nSPS) is 20.4. The van der Waals surface area contributed by atoms with Crippen LogP contribution in [0.15, 0.2) is 18.2 Å². The number of amides is 1. The van der Waals surface area contributed by atoms with Crippen LogP contribution >= 0.6 is 23.4 Å². The number of halogens is 1. The van der Waals surface area contributed by atoms with Crippen molar-refractivity contribution in [2.24, 2.45) is 0 Å². The highest BCUT2D eigenvalue weighted by molar-refractivity contribution is 7.99. The fourth-order valence-corrected chi connectivity index (χ4v) is 3.10. The van der Waals surface area contributed by atoms with Gasteiger partial charge in [-0.05, 0) is 18.2 Å². The Morgan fingerprint density at radius 2 is 2.35 bits per heavy atom. The van der Waals surface area contributed by atoms with Crippen LogP contribution in [-0.2, 0) is 0 Å². The second-order valence-corrected chi connectivity index (χ2v) is 6.15. The highest BCUT2D eigenvalue weighted by Gasteiger charge is 2.23. The molecule has 1 atom stereocenters. The number of benzene rings is 1. The first-order chi connectivity index (χ1) is 8.08. The van der Waals surface area contributed by atoms with Crippen molar-refractivity contribution in [1.82, 2.24) is 4.90 Å². The molecule has 2 N–H and O–H groups in total. The third kappa shape index (κ3) is 2.87. The molecule has 1 aliphatic heterocycles. The van der Waals surface area contributed by atoms with E-state index in [1.54, 1.807) is 18.2 Å². The highest BCUT2D eigenvalue weighted by atomic mass is 35.5. The van der Waals surface area contributed by atoms with Gasteiger partial charge in [-0.25, -0.2) is 0 Å². The molecular formula is C12H15ClN2OS. The summed E-state index contributed by atoms with van der Waals surface area (Å²) in [4.78, 5) is 14.1. The zero-order chi connectivity index (χ0) is 12.4. The first-order valence-corrected chi connectivity index (χ1v) is 6.96. The van der Waals surface area contributed by atoms with Crippen molar-refractivity contribution in [3.63, 3.8) is 0 Å². The van der Waals surface area contributed by atoms with Crippen molar-refractivity contribution >= 4 is 35.0 Å². The van der Waals surface area contributed by atoms with Crippen LogP contribution in [0, 0.1) is 0 Å². The van der Waals surface area contributed by atoms with Gasteiger partial charge in [0, 0.05) is 34.8 Å². The molecule has 0 aliphatic carbocycles. The maximum atomic E-state index is 12.3. The van der Waals surface area contributed by atoms with E-state index in [-0.39, 0.29) is 5.91 Å². The van der Waals surface area contributed by atoms with Crippen LogP contribution in [0.1, 0.15) is 17.3 Å². The lowest BCUT2D eigenvalue weighted by Gasteiger charge is -2.30. The summed E-state index contributed by atoms with van der Waals surface area (Å²) < 4.78 is 0. The molecule has 1 aliphatic rings. The van der Waals surface area contributed by atoms with Crippen molar-refractivity contribution in [2.75, 3.05) is 24.6 Å². The standard InChI is InChI=1S/C12H15ClN2OS/c1-8-7-15(4-5-17-8)12(16)10-3-2-9(13)6-11(10)14/h2-3,6,8H,4-5,7,14H2,1H3. The van der Waals surface area contributed by atoms with Gasteiger partial charge in [0.25, 0.3) is 5.91 Å². The second-order valence-electron chi connectivity index (χ2n) is 4.16. The summed E-state index contributed by atoms with van der Waals surface area (Å²) in [6.07, 6.45) is 0. The molecule has 3 nitrogen and oxygen atoms in total. The number of anilines is 1. The molecule has 92 valence electrons. The third-order valence-electron chi connectivity index (χ3n) is 2.77. The Kier molecular flexibility index (Phi) is 3.84. The van der Waals surface area contributed by atoms with E-state index in [9.17, 15) is 4.79 Å². The maximum Gasteiger partial charge on any atom is 0.256 e. The van der Waals surface area contributed by atoms with Crippen molar-refractivity contribution < 1.29 is 4.79 Å². The molecule has 1 aromatic carbocycles. The number of carbonyl (C=O) groups is 1. The molecule has 0 radical (unpaired) electrons. The number of hydrogen-bond donors (Lipinski definition) is 1. The van der Waals surface area contributed by atoms with E-state index in [0.717, 1.165) is 18.8 Å². The molecule has 1 aromatic rings. The zero-order valence-electron chi connectivity index (χ0n) is 9.65. The topological polar surface area (TPSA) is 46.3 Å². The summed E-state index contributed by atoms with van der Waals surface area (Å²) >= 11 is 7.72. The van der Waals surface area contributed by atoms with Crippen molar-refractivity contribution in [3.8, 4) is 0 Å². The van der Waals surface area contributed by atoms with E-state index in [4.69, 9.17) is 17.3 Å². The minimum atomic E-state index is 0.00585. The minimum Gasteiger partial charge on any atom is -0.398 e. The predicted molar refractivity (Wildman–Crippen MR) is 73.7 cm³/mol. The largest absolute Gasteiger partial charge is 0.398 e. The summed E-state index contributed by atoms with van der Waals surface area (Å²) in [6, 6.07) is 5.02. The molecule has 1 fully saturated rings. The summed E-state index contributed by atoms with van der Waals surface area (Å²) in [5, 5.41) is 1.04. The Bertz CT molecular complexity index is 439. The Labute approximate surface area is 110 Å². The number of nitrogen functional groups attached to an aromatic ring is 1. The van der Waals surface area contributed by atoms with E-state index in [0.29, 0.717) is 21.5 Å². The number of thioether (sulfide) groups is 1. The smallest absolute Gasteiger partial charge is 0.256 e. The zero-order valence-corrected chi connectivity index (χ0v) is 11.2. The van der Waals surface area contributed by atoms with Gasteiger partial charge in [0.05, 0.1) is 5.56 Å². The lowest BCUT2D eigenvalue weighted by molar-refractivity contribution is 0.0764. The fourth-order valence-electron chi connectivity index (χ4n) is 1.90. The third-order valence-corrected chi connectivity index (χ3v) is 4.14. The van der Waals surface area contributed by atoms with E-state index in [1.807, 2.05) is 16.7 Å². The first kappa shape index (κ1) is 12.6. The summed E-state index contributed by atoms with van der Waals surface area (Å²) in [7, 11) is 0. The first-order valence-electron chi connectivity index (χ1n) is 5.54.